The van der Waals surface area contributed by atoms with Crippen molar-refractivity contribution in [1.29, 1.82) is 0 Å². The predicted octanol–water partition coefficient (Wildman–Crippen LogP) is 0.726. The molecule has 0 aliphatic rings. The quantitative estimate of drug-likeness (QED) is 0.494. The zero-order valence-corrected chi connectivity index (χ0v) is 11.9. The average molecular weight is 326 g/mol. The van der Waals surface area contributed by atoms with E-state index in [1.54, 1.807) is 0 Å². The molecule has 1 heterocycles. The summed E-state index contributed by atoms with van der Waals surface area (Å²) < 4.78 is 6.69. The van der Waals surface area contributed by atoms with Crippen LogP contribution < -0.4 is 9.84 Å². The number of carboxylic acid groups (broad SMARTS) is 1. The van der Waals surface area contributed by atoms with Gasteiger partial charge in [-0.2, -0.15) is 4.68 Å². The number of benzene rings is 2. The first-order valence-electron chi connectivity index (χ1n) is 6.57. The molecule has 24 heavy (non-hydrogen) atoms. The van der Waals surface area contributed by atoms with E-state index in [0.717, 1.165) is 0 Å². The minimum atomic E-state index is -1.30. The first-order chi connectivity index (χ1) is 11.5. The Bertz CT molecular complexity index is 906. The van der Waals surface area contributed by atoms with Crippen molar-refractivity contribution in [2.45, 2.75) is 0 Å². The number of nitro benzene ring substituents is 1. The Morgan fingerprint density at radius 2 is 1.92 bits per heavy atom. The predicted molar refractivity (Wildman–Crippen MR) is 76.7 cm³/mol. The zero-order chi connectivity index (χ0) is 17.1. The van der Waals surface area contributed by atoms with Crippen molar-refractivity contribution in [3.05, 3.63) is 64.2 Å². The molecule has 0 amide bonds. The molecule has 0 saturated carbocycles. The second-order valence-corrected chi connectivity index (χ2v) is 4.56. The summed E-state index contributed by atoms with van der Waals surface area (Å²) >= 11 is 0. The van der Waals surface area contributed by atoms with Crippen LogP contribution >= 0.6 is 0 Å². The third-order valence-corrected chi connectivity index (χ3v) is 3.03. The summed E-state index contributed by atoms with van der Waals surface area (Å²) in [4.78, 5) is 21.0. The summed E-state index contributed by atoms with van der Waals surface area (Å²) in [6.45, 7) is 0. The Hall–Kier alpha value is -3.82. The largest absolute Gasteiger partial charge is 0.545 e. The third-order valence-electron chi connectivity index (χ3n) is 3.03. The van der Waals surface area contributed by atoms with Gasteiger partial charge in [-0.25, -0.2) is 0 Å². The fourth-order valence-electron chi connectivity index (χ4n) is 1.91. The second-order valence-electron chi connectivity index (χ2n) is 4.56. The maximum absolute atomic E-state index is 10.8. The van der Waals surface area contributed by atoms with Gasteiger partial charge in [0.15, 0.2) is 0 Å². The third kappa shape index (κ3) is 3.02. The van der Waals surface area contributed by atoms with Crippen molar-refractivity contribution in [1.82, 2.24) is 20.2 Å². The molecule has 0 bridgehead atoms. The van der Waals surface area contributed by atoms with E-state index in [0.29, 0.717) is 5.69 Å². The molecule has 2 aromatic carbocycles. The number of carbonyl (C=O) groups is 1. The van der Waals surface area contributed by atoms with Gasteiger partial charge in [0.25, 0.3) is 5.69 Å². The van der Waals surface area contributed by atoms with Crippen LogP contribution in [0.2, 0.25) is 0 Å². The topological polar surface area (TPSA) is 136 Å². The molecule has 0 unspecified atom stereocenters. The molecule has 120 valence electrons. The van der Waals surface area contributed by atoms with Crippen molar-refractivity contribution in [3.8, 4) is 17.4 Å². The van der Waals surface area contributed by atoms with E-state index in [1.165, 1.54) is 53.2 Å². The lowest BCUT2D eigenvalue weighted by molar-refractivity contribution is -0.384. The molecule has 0 radical (unpaired) electrons. The molecule has 0 aliphatic carbocycles. The van der Waals surface area contributed by atoms with Gasteiger partial charge >= 0.3 is 6.01 Å². The molecule has 0 aliphatic heterocycles. The second kappa shape index (κ2) is 6.12. The number of hydrogen-bond acceptors (Lipinski definition) is 8. The summed E-state index contributed by atoms with van der Waals surface area (Å²) in [5.74, 6) is -1.11. The number of non-ortho nitro benzene ring substituents is 1. The zero-order valence-electron chi connectivity index (χ0n) is 11.9. The van der Waals surface area contributed by atoms with Crippen LogP contribution in [0, 0.1) is 10.1 Å². The smallest absolute Gasteiger partial charge is 0.345 e. The highest BCUT2D eigenvalue weighted by molar-refractivity contribution is 5.85. The van der Waals surface area contributed by atoms with Crippen molar-refractivity contribution in [3.63, 3.8) is 0 Å². The van der Waals surface area contributed by atoms with Crippen molar-refractivity contribution in [2.75, 3.05) is 0 Å². The molecule has 10 heteroatoms. The fraction of sp³-hybridized carbons (Fsp3) is 0. The van der Waals surface area contributed by atoms with Crippen LogP contribution in [0.25, 0.3) is 5.69 Å². The molecule has 1 aromatic heterocycles. The molecule has 10 nitrogen and oxygen atoms in total. The molecule has 3 rings (SSSR count). The molecule has 0 atom stereocenters. The van der Waals surface area contributed by atoms with E-state index in [9.17, 15) is 20.0 Å². The standard InChI is InChI=1S/C14H9N5O5/c20-13(21)9-4-6-10(7-5-9)18-14(15-16-17-18)24-12-3-1-2-11(8-12)19(22)23/h1-8H,(H,20,21)/p-1. The summed E-state index contributed by atoms with van der Waals surface area (Å²) in [6, 6.07) is 11.1. The van der Waals surface area contributed by atoms with Gasteiger partial charge in [0.2, 0.25) is 0 Å². The Balaban J connectivity index is 1.89. The van der Waals surface area contributed by atoms with E-state index in [4.69, 9.17) is 4.74 Å². The first kappa shape index (κ1) is 15.1. The number of ether oxygens (including phenoxy) is 1. The van der Waals surface area contributed by atoms with E-state index < -0.39 is 10.9 Å². The highest BCUT2D eigenvalue weighted by Gasteiger charge is 2.13. The Labute approximate surface area is 134 Å². The van der Waals surface area contributed by atoms with E-state index in [1.807, 2.05) is 0 Å². The number of aromatic nitrogens is 4. The lowest BCUT2D eigenvalue weighted by atomic mass is 10.2. The summed E-state index contributed by atoms with van der Waals surface area (Å²) in [5.41, 5.74) is 0.322. The van der Waals surface area contributed by atoms with Gasteiger partial charge in [-0.05, 0) is 34.2 Å². The van der Waals surface area contributed by atoms with Crippen molar-refractivity contribution < 1.29 is 19.6 Å². The van der Waals surface area contributed by atoms with Gasteiger partial charge < -0.3 is 14.6 Å². The van der Waals surface area contributed by atoms with Gasteiger partial charge in [-0.3, -0.25) is 10.1 Å². The van der Waals surface area contributed by atoms with Crippen LogP contribution in [-0.4, -0.2) is 31.1 Å². The van der Waals surface area contributed by atoms with Crippen LogP contribution in [0.3, 0.4) is 0 Å². The minimum Gasteiger partial charge on any atom is -0.545 e. The summed E-state index contributed by atoms with van der Waals surface area (Å²) in [6.07, 6.45) is 0. The summed E-state index contributed by atoms with van der Waals surface area (Å²) in [5, 5.41) is 32.5. The molecular weight excluding hydrogens is 318 g/mol. The highest BCUT2D eigenvalue weighted by Crippen LogP contribution is 2.24. The van der Waals surface area contributed by atoms with Crippen LogP contribution in [0.5, 0.6) is 11.8 Å². The number of carbonyl (C=O) groups excluding carboxylic acids is 1. The number of carboxylic acids is 1. The van der Waals surface area contributed by atoms with Gasteiger partial charge in [0, 0.05) is 6.07 Å². The molecule has 0 spiro atoms. The van der Waals surface area contributed by atoms with Gasteiger partial charge in [0.05, 0.1) is 22.6 Å². The average Bonchev–Trinajstić information content (AvgIpc) is 3.03. The molecule has 0 N–H and O–H groups in total. The lowest BCUT2D eigenvalue weighted by Gasteiger charge is -2.07. The number of hydrogen-bond donors (Lipinski definition) is 0. The molecular formula is C14H8N5O5-. The maximum atomic E-state index is 10.8. The Kier molecular flexibility index (Phi) is 3.85. The SMILES string of the molecule is O=C([O-])c1ccc(-n2nnnc2Oc2cccc([N+](=O)[O-])c2)cc1. The molecule has 0 saturated heterocycles. The van der Waals surface area contributed by atoms with Gasteiger partial charge in [-0.1, -0.05) is 23.3 Å². The Morgan fingerprint density at radius 1 is 1.17 bits per heavy atom. The van der Waals surface area contributed by atoms with Crippen LogP contribution in [0.4, 0.5) is 5.69 Å². The van der Waals surface area contributed by atoms with Gasteiger partial charge in [-0.15, -0.1) is 0 Å². The van der Waals surface area contributed by atoms with E-state index in [-0.39, 0.29) is 23.0 Å². The number of aromatic carboxylic acids is 1. The number of nitro groups is 1. The van der Waals surface area contributed by atoms with E-state index in [2.05, 4.69) is 15.5 Å². The van der Waals surface area contributed by atoms with E-state index >= 15 is 0 Å². The highest BCUT2D eigenvalue weighted by atomic mass is 16.6. The Morgan fingerprint density at radius 3 is 2.58 bits per heavy atom. The van der Waals surface area contributed by atoms with Crippen LogP contribution in [0.15, 0.2) is 48.5 Å². The fourth-order valence-corrected chi connectivity index (χ4v) is 1.91. The monoisotopic (exact) mass is 326 g/mol. The minimum absolute atomic E-state index is 0.00739. The normalized spacial score (nSPS) is 10.3. The van der Waals surface area contributed by atoms with Crippen molar-refractivity contribution >= 4 is 11.7 Å². The first-order valence-corrected chi connectivity index (χ1v) is 6.57. The number of tetrazole rings is 1. The number of nitrogens with zero attached hydrogens (tertiary/aromatic N) is 5. The maximum Gasteiger partial charge on any atom is 0.345 e. The summed E-state index contributed by atoms with van der Waals surface area (Å²) in [7, 11) is 0. The van der Waals surface area contributed by atoms with Crippen molar-refractivity contribution in [2.24, 2.45) is 0 Å². The van der Waals surface area contributed by atoms with Crippen LogP contribution in [0.1, 0.15) is 10.4 Å². The number of rotatable bonds is 5. The van der Waals surface area contributed by atoms with Gasteiger partial charge in [0.1, 0.15) is 5.75 Å². The van der Waals surface area contributed by atoms with Crippen LogP contribution in [-0.2, 0) is 0 Å². The lowest BCUT2D eigenvalue weighted by Crippen LogP contribution is -2.22. The molecule has 3 aromatic rings. The molecule has 0 fully saturated rings.